The molecule has 7 nitrogen and oxygen atoms in total. The number of halogens is 4. The largest absolute Gasteiger partial charge is 0.401 e. The van der Waals surface area contributed by atoms with Crippen molar-refractivity contribution in [1.29, 1.82) is 0 Å². The SMILES string of the molecule is CC(CO)N(C)c1cc2c(cc1F)Nc1ncccc1CN2C(=O)C1CCN(CC(F)(F)F)CC1. The van der Waals surface area contributed by atoms with Crippen LogP contribution < -0.4 is 15.1 Å². The van der Waals surface area contributed by atoms with Gasteiger partial charge in [0.05, 0.1) is 36.8 Å². The Morgan fingerprint density at radius 3 is 2.69 bits per heavy atom. The van der Waals surface area contributed by atoms with Crippen molar-refractivity contribution in [3.05, 3.63) is 41.8 Å². The highest BCUT2D eigenvalue weighted by Crippen LogP contribution is 2.40. The van der Waals surface area contributed by atoms with E-state index in [0.29, 0.717) is 30.0 Å². The van der Waals surface area contributed by atoms with Gasteiger partial charge in [-0.3, -0.25) is 9.69 Å². The summed E-state index contributed by atoms with van der Waals surface area (Å²) in [5.41, 5.74) is 1.80. The van der Waals surface area contributed by atoms with Gasteiger partial charge in [-0.05, 0) is 45.0 Å². The Hall–Kier alpha value is -2.92. The van der Waals surface area contributed by atoms with Crippen molar-refractivity contribution in [3.63, 3.8) is 0 Å². The zero-order valence-electron chi connectivity index (χ0n) is 19.6. The van der Waals surface area contributed by atoms with Crippen LogP contribution in [0.5, 0.6) is 0 Å². The van der Waals surface area contributed by atoms with Gasteiger partial charge in [-0.2, -0.15) is 13.2 Å². The van der Waals surface area contributed by atoms with Crippen LogP contribution in [0.4, 0.5) is 40.4 Å². The van der Waals surface area contributed by atoms with Crippen LogP contribution in [0.1, 0.15) is 25.3 Å². The normalized spacial score (nSPS) is 17.7. The first kappa shape index (κ1) is 25.2. The summed E-state index contributed by atoms with van der Waals surface area (Å²) >= 11 is 0. The molecule has 35 heavy (non-hydrogen) atoms. The van der Waals surface area contributed by atoms with Crippen molar-refractivity contribution in [3.8, 4) is 0 Å². The zero-order valence-corrected chi connectivity index (χ0v) is 19.6. The maximum Gasteiger partial charge on any atom is 0.401 e. The fourth-order valence-electron chi connectivity index (χ4n) is 4.57. The molecule has 2 aliphatic heterocycles. The summed E-state index contributed by atoms with van der Waals surface area (Å²) in [6, 6.07) is 6.10. The fourth-order valence-corrected chi connectivity index (χ4v) is 4.57. The van der Waals surface area contributed by atoms with E-state index in [4.69, 9.17) is 0 Å². The molecule has 1 amide bonds. The first-order valence-corrected chi connectivity index (χ1v) is 11.6. The topological polar surface area (TPSA) is 71.9 Å². The molecule has 1 aromatic carbocycles. The van der Waals surface area contributed by atoms with Crippen LogP contribution in [0, 0.1) is 11.7 Å². The number of hydrogen-bond acceptors (Lipinski definition) is 6. The van der Waals surface area contributed by atoms with Gasteiger partial charge in [0.25, 0.3) is 0 Å². The number of likely N-dealkylation sites (tertiary alicyclic amines) is 1. The average molecular weight is 496 g/mol. The maximum atomic E-state index is 15.1. The van der Waals surface area contributed by atoms with E-state index in [1.807, 2.05) is 6.07 Å². The van der Waals surface area contributed by atoms with Gasteiger partial charge in [-0.15, -0.1) is 0 Å². The number of amides is 1. The van der Waals surface area contributed by atoms with Gasteiger partial charge in [0.15, 0.2) is 0 Å². The first-order chi connectivity index (χ1) is 16.6. The minimum absolute atomic E-state index is 0.179. The van der Waals surface area contributed by atoms with Gasteiger partial charge >= 0.3 is 6.18 Å². The fraction of sp³-hybridized carbons (Fsp3) is 0.500. The number of aromatic nitrogens is 1. The van der Waals surface area contributed by atoms with Gasteiger partial charge in [0.1, 0.15) is 11.6 Å². The third-order valence-corrected chi connectivity index (χ3v) is 6.74. The minimum Gasteiger partial charge on any atom is -0.394 e. The van der Waals surface area contributed by atoms with Crippen LogP contribution in [0.2, 0.25) is 0 Å². The molecule has 0 spiro atoms. The van der Waals surface area contributed by atoms with E-state index in [1.54, 1.807) is 42.1 Å². The van der Waals surface area contributed by atoms with Crippen molar-refractivity contribution >= 4 is 28.8 Å². The van der Waals surface area contributed by atoms with Crippen LogP contribution in [-0.4, -0.2) is 66.4 Å². The Bertz CT molecular complexity index is 1070. The Morgan fingerprint density at radius 1 is 1.31 bits per heavy atom. The summed E-state index contributed by atoms with van der Waals surface area (Å²) in [4.78, 5) is 22.5. The Balaban J connectivity index is 1.66. The number of nitrogens with zero attached hydrogens (tertiary/aromatic N) is 4. The quantitative estimate of drug-likeness (QED) is 0.614. The second kappa shape index (κ2) is 9.98. The molecule has 0 bridgehead atoms. The van der Waals surface area contributed by atoms with Crippen LogP contribution in [-0.2, 0) is 11.3 Å². The number of benzene rings is 1. The number of aliphatic hydroxyl groups is 1. The third-order valence-electron chi connectivity index (χ3n) is 6.74. The van der Waals surface area contributed by atoms with E-state index in [9.17, 15) is 23.1 Å². The van der Waals surface area contributed by atoms with E-state index in [-0.39, 0.29) is 43.9 Å². The molecular weight excluding hydrogens is 466 g/mol. The predicted octanol–water partition coefficient (Wildman–Crippen LogP) is 3.90. The highest BCUT2D eigenvalue weighted by atomic mass is 19.4. The van der Waals surface area contributed by atoms with Crippen molar-refractivity contribution in [2.75, 3.05) is 48.4 Å². The molecule has 0 saturated carbocycles. The Kier molecular flexibility index (Phi) is 7.18. The highest BCUT2D eigenvalue weighted by Gasteiger charge is 2.36. The molecule has 1 atom stereocenters. The summed E-state index contributed by atoms with van der Waals surface area (Å²) in [6.45, 7) is 1.13. The number of aliphatic hydroxyl groups excluding tert-OH is 1. The molecule has 4 rings (SSSR count). The Morgan fingerprint density at radius 2 is 2.03 bits per heavy atom. The monoisotopic (exact) mass is 495 g/mol. The number of nitrogens with one attached hydrogen (secondary N) is 1. The summed E-state index contributed by atoms with van der Waals surface area (Å²) in [6.07, 6.45) is -2.06. The molecule has 0 aliphatic carbocycles. The van der Waals surface area contributed by atoms with Crippen LogP contribution >= 0.6 is 0 Å². The van der Waals surface area contributed by atoms with Gasteiger partial charge < -0.3 is 20.2 Å². The van der Waals surface area contributed by atoms with Gasteiger partial charge in [-0.25, -0.2) is 9.37 Å². The summed E-state index contributed by atoms with van der Waals surface area (Å²) in [5.74, 6) is -0.681. The number of carbonyl (C=O) groups is 1. The van der Waals surface area contributed by atoms with E-state index >= 15 is 4.39 Å². The first-order valence-electron chi connectivity index (χ1n) is 11.6. The average Bonchev–Trinajstić information content (AvgIpc) is 2.97. The molecule has 3 heterocycles. The lowest BCUT2D eigenvalue weighted by Gasteiger charge is -2.35. The Labute approximate surface area is 201 Å². The molecule has 0 radical (unpaired) electrons. The molecular formula is C24H29F4N5O2. The van der Waals surface area contributed by atoms with Crippen molar-refractivity contribution in [1.82, 2.24) is 9.88 Å². The predicted molar refractivity (Wildman–Crippen MR) is 125 cm³/mol. The molecule has 2 N–H and O–H groups in total. The number of alkyl halides is 3. The number of piperidine rings is 1. The lowest BCUT2D eigenvalue weighted by Crippen LogP contribution is -2.45. The summed E-state index contributed by atoms with van der Waals surface area (Å²) in [5, 5.41) is 12.7. The number of likely N-dealkylation sites (N-methyl/N-ethyl adjacent to an activating group) is 1. The van der Waals surface area contributed by atoms with Crippen molar-refractivity contribution in [2.24, 2.45) is 5.92 Å². The molecule has 2 aliphatic rings. The lowest BCUT2D eigenvalue weighted by molar-refractivity contribution is -0.149. The number of anilines is 4. The molecule has 190 valence electrons. The minimum atomic E-state index is -4.28. The van der Waals surface area contributed by atoms with Crippen LogP contribution in [0.15, 0.2) is 30.5 Å². The van der Waals surface area contributed by atoms with E-state index < -0.39 is 24.5 Å². The van der Waals surface area contributed by atoms with E-state index in [2.05, 4.69) is 10.3 Å². The number of fused-ring (bicyclic) bond motifs is 2. The molecule has 1 unspecified atom stereocenters. The summed E-state index contributed by atoms with van der Waals surface area (Å²) in [7, 11) is 1.66. The standard InChI is InChI=1S/C24H29F4N5O2/c1-15(13-34)31(2)20-11-21-19(10-18(20)25)30-22-17(4-3-7-29-22)12-33(21)23(35)16-5-8-32(9-6-16)14-24(26,27)28/h3-4,7,10-11,15-16,34H,5-6,8-9,12-14H2,1-2H3,(H,29,30). The molecule has 11 heteroatoms. The number of rotatable bonds is 5. The van der Waals surface area contributed by atoms with Crippen LogP contribution in [0.3, 0.4) is 0 Å². The van der Waals surface area contributed by atoms with E-state index in [1.165, 1.54) is 11.0 Å². The zero-order chi connectivity index (χ0) is 25.3. The maximum absolute atomic E-state index is 15.1. The molecule has 1 fully saturated rings. The smallest absolute Gasteiger partial charge is 0.394 e. The molecule has 1 saturated heterocycles. The molecule has 1 aromatic heterocycles. The van der Waals surface area contributed by atoms with Crippen molar-refractivity contribution in [2.45, 2.75) is 38.5 Å². The second-order valence-electron chi connectivity index (χ2n) is 9.19. The number of hydrogen-bond donors (Lipinski definition) is 2. The van der Waals surface area contributed by atoms with Crippen molar-refractivity contribution < 1.29 is 27.5 Å². The highest BCUT2D eigenvalue weighted by molar-refractivity contribution is 6.00. The second-order valence-corrected chi connectivity index (χ2v) is 9.19. The van der Waals surface area contributed by atoms with Gasteiger partial charge in [0, 0.05) is 36.8 Å². The third kappa shape index (κ3) is 5.51. The van der Waals surface area contributed by atoms with Gasteiger partial charge in [-0.1, -0.05) is 6.07 Å². The summed E-state index contributed by atoms with van der Waals surface area (Å²) < 4.78 is 53.4. The lowest BCUT2D eigenvalue weighted by atomic mass is 9.94. The van der Waals surface area contributed by atoms with Gasteiger partial charge in [0.2, 0.25) is 5.91 Å². The number of pyridine rings is 1. The molecule has 2 aromatic rings. The number of carbonyl (C=O) groups excluding carboxylic acids is 1. The van der Waals surface area contributed by atoms with Crippen LogP contribution in [0.25, 0.3) is 0 Å². The van der Waals surface area contributed by atoms with E-state index in [0.717, 1.165) is 5.56 Å².